The van der Waals surface area contributed by atoms with E-state index in [1.165, 1.54) is 0 Å². The molecule has 3 heterocycles. The Kier molecular flexibility index (Phi) is 3.21. The molecule has 1 N–H and O–H groups in total. The van der Waals surface area contributed by atoms with E-state index < -0.39 is 0 Å². The number of aromatic nitrogens is 2. The monoisotopic (exact) mass is 259 g/mol. The molecule has 1 saturated heterocycles. The molecule has 1 amide bonds. The van der Waals surface area contributed by atoms with Gasteiger partial charge in [-0.25, -0.2) is 4.98 Å². The summed E-state index contributed by atoms with van der Waals surface area (Å²) in [4.78, 5) is 16.5. The Labute approximate surface area is 111 Å². The minimum atomic E-state index is -0.0521. The predicted octanol–water partition coefficient (Wildman–Crippen LogP) is 1.55. The molecule has 0 radical (unpaired) electrons. The molecule has 2 aromatic heterocycles. The summed E-state index contributed by atoms with van der Waals surface area (Å²) in [5.74, 6) is -0.0521. The maximum Gasteiger partial charge on any atom is 0.253 e. The number of carbonyl (C=O) groups is 1. The van der Waals surface area contributed by atoms with Crippen molar-refractivity contribution in [3.05, 3.63) is 35.8 Å². The van der Waals surface area contributed by atoms with Gasteiger partial charge in [-0.2, -0.15) is 0 Å². The molecule has 0 bridgehead atoms. The Bertz CT molecular complexity index is 600. The van der Waals surface area contributed by atoms with Gasteiger partial charge in [0.2, 0.25) is 0 Å². The number of nitrogens with zero attached hydrogens (tertiary/aromatic N) is 2. The number of hydrogen-bond acceptors (Lipinski definition) is 3. The summed E-state index contributed by atoms with van der Waals surface area (Å²) < 4.78 is 7.24. The Morgan fingerprint density at radius 2 is 2.37 bits per heavy atom. The van der Waals surface area contributed by atoms with Crippen molar-refractivity contribution in [3.8, 4) is 0 Å². The van der Waals surface area contributed by atoms with Crippen LogP contribution < -0.4 is 5.32 Å². The first-order valence-corrected chi connectivity index (χ1v) is 6.56. The molecule has 5 nitrogen and oxygen atoms in total. The zero-order valence-electron chi connectivity index (χ0n) is 10.9. The van der Waals surface area contributed by atoms with Gasteiger partial charge < -0.3 is 14.5 Å². The van der Waals surface area contributed by atoms with Gasteiger partial charge in [-0.3, -0.25) is 4.79 Å². The zero-order chi connectivity index (χ0) is 13.2. The third-order valence-corrected chi connectivity index (χ3v) is 3.33. The summed E-state index contributed by atoms with van der Waals surface area (Å²) in [5.41, 5.74) is 2.45. The van der Waals surface area contributed by atoms with Crippen molar-refractivity contribution in [2.75, 3.05) is 13.2 Å². The van der Waals surface area contributed by atoms with Gasteiger partial charge >= 0.3 is 0 Å². The van der Waals surface area contributed by atoms with Crippen molar-refractivity contribution in [2.45, 2.75) is 25.8 Å². The molecule has 1 aliphatic heterocycles. The fraction of sp³-hybridized carbons (Fsp3) is 0.429. The van der Waals surface area contributed by atoms with Gasteiger partial charge in [-0.15, -0.1) is 0 Å². The molecule has 1 atom stereocenters. The van der Waals surface area contributed by atoms with E-state index >= 15 is 0 Å². The molecule has 0 aliphatic carbocycles. The first kappa shape index (κ1) is 12.2. The summed E-state index contributed by atoms with van der Waals surface area (Å²) in [6.45, 7) is 3.34. The molecule has 0 aromatic carbocycles. The van der Waals surface area contributed by atoms with Crippen molar-refractivity contribution in [2.24, 2.45) is 0 Å². The summed E-state index contributed by atoms with van der Waals surface area (Å²) in [7, 11) is 0. The topological polar surface area (TPSA) is 55.6 Å². The molecule has 0 saturated carbocycles. The van der Waals surface area contributed by atoms with Gasteiger partial charge in [-0.05, 0) is 31.9 Å². The molecule has 3 rings (SSSR count). The summed E-state index contributed by atoms with van der Waals surface area (Å²) in [6.07, 6.45) is 5.72. The van der Waals surface area contributed by atoms with Gasteiger partial charge in [-0.1, -0.05) is 0 Å². The number of amides is 1. The average Bonchev–Trinajstić information content (AvgIpc) is 2.78. The molecule has 100 valence electrons. The van der Waals surface area contributed by atoms with E-state index in [0.29, 0.717) is 12.2 Å². The van der Waals surface area contributed by atoms with E-state index in [0.717, 1.165) is 30.8 Å². The molecule has 5 heteroatoms. The average molecular weight is 259 g/mol. The van der Waals surface area contributed by atoms with Gasteiger partial charge in [0.1, 0.15) is 5.65 Å². The number of nitrogens with one attached hydrogen (secondary N) is 1. The van der Waals surface area contributed by atoms with E-state index in [1.807, 2.05) is 29.8 Å². The normalized spacial score (nSPS) is 19.5. The first-order valence-electron chi connectivity index (χ1n) is 6.56. The Morgan fingerprint density at radius 3 is 3.16 bits per heavy atom. The summed E-state index contributed by atoms with van der Waals surface area (Å²) in [5, 5.41) is 3.01. The molecule has 2 aromatic rings. The van der Waals surface area contributed by atoms with E-state index in [4.69, 9.17) is 4.74 Å². The van der Waals surface area contributed by atoms with Crippen LogP contribution >= 0.6 is 0 Å². The van der Waals surface area contributed by atoms with Crippen molar-refractivity contribution in [1.29, 1.82) is 0 Å². The van der Waals surface area contributed by atoms with E-state index in [9.17, 15) is 4.79 Å². The van der Waals surface area contributed by atoms with Crippen LogP contribution in [0.15, 0.2) is 24.5 Å². The minimum absolute atomic E-state index is 0.0521. The second kappa shape index (κ2) is 5.01. The summed E-state index contributed by atoms with van der Waals surface area (Å²) >= 11 is 0. The van der Waals surface area contributed by atoms with E-state index in [-0.39, 0.29) is 11.9 Å². The van der Waals surface area contributed by atoms with Crippen LogP contribution in [0.2, 0.25) is 0 Å². The highest BCUT2D eigenvalue weighted by Crippen LogP contribution is 2.10. The van der Waals surface area contributed by atoms with Crippen molar-refractivity contribution in [3.63, 3.8) is 0 Å². The van der Waals surface area contributed by atoms with Crippen LogP contribution in [0.5, 0.6) is 0 Å². The molecule has 1 fully saturated rings. The van der Waals surface area contributed by atoms with Crippen LogP contribution in [0.1, 0.15) is 28.9 Å². The van der Waals surface area contributed by atoms with Crippen LogP contribution in [0, 0.1) is 6.92 Å². The second-order valence-electron chi connectivity index (χ2n) is 4.95. The van der Waals surface area contributed by atoms with Crippen LogP contribution in [0.3, 0.4) is 0 Å². The van der Waals surface area contributed by atoms with Crippen LogP contribution in [-0.2, 0) is 4.74 Å². The highest BCUT2D eigenvalue weighted by atomic mass is 16.5. The maximum absolute atomic E-state index is 12.2. The van der Waals surface area contributed by atoms with Crippen LogP contribution in [0.25, 0.3) is 5.65 Å². The lowest BCUT2D eigenvalue weighted by Gasteiger charge is -2.23. The quantitative estimate of drug-likeness (QED) is 0.890. The number of hydrogen-bond donors (Lipinski definition) is 1. The largest absolute Gasteiger partial charge is 0.379 e. The van der Waals surface area contributed by atoms with Gasteiger partial charge in [0.25, 0.3) is 5.91 Å². The smallest absolute Gasteiger partial charge is 0.253 e. The zero-order valence-corrected chi connectivity index (χ0v) is 10.9. The lowest BCUT2D eigenvalue weighted by molar-refractivity contribution is 0.0624. The molecular weight excluding hydrogens is 242 g/mol. The SMILES string of the molecule is Cc1cn2cc(C(=O)N[C@@H]3CCCOC3)ccc2n1. The van der Waals surface area contributed by atoms with Crippen LogP contribution in [0.4, 0.5) is 0 Å². The Morgan fingerprint density at radius 1 is 1.47 bits per heavy atom. The Hall–Kier alpha value is -1.88. The summed E-state index contributed by atoms with van der Waals surface area (Å²) in [6, 6.07) is 3.79. The maximum atomic E-state index is 12.2. The Balaban J connectivity index is 1.76. The third-order valence-electron chi connectivity index (χ3n) is 3.33. The van der Waals surface area contributed by atoms with Gasteiger partial charge in [0.05, 0.1) is 23.9 Å². The number of ether oxygens (including phenoxy) is 1. The number of rotatable bonds is 2. The van der Waals surface area contributed by atoms with Gasteiger partial charge in [0, 0.05) is 19.0 Å². The number of pyridine rings is 1. The molecule has 1 aliphatic rings. The predicted molar refractivity (Wildman–Crippen MR) is 71.2 cm³/mol. The minimum Gasteiger partial charge on any atom is -0.379 e. The van der Waals surface area contributed by atoms with Crippen molar-refractivity contribution in [1.82, 2.24) is 14.7 Å². The molecule has 0 unspecified atom stereocenters. The van der Waals surface area contributed by atoms with Crippen LogP contribution in [-0.4, -0.2) is 34.5 Å². The standard InChI is InChI=1S/C14H17N3O2/c1-10-7-17-8-11(4-5-13(17)15-10)14(18)16-12-3-2-6-19-9-12/h4-5,7-8,12H,2-3,6,9H2,1H3,(H,16,18)/t12-/m1/s1. The van der Waals surface area contributed by atoms with Crippen molar-refractivity contribution < 1.29 is 9.53 Å². The molecular formula is C14H17N3O2. The fourth-order valence-corrected chi connectivity index (χ4v) is 2.38. The second-order valence-corrected chi connectivity index (χ2v) is 4.95. The van der Waals surface area contributed by atoms with Gasteiger partial charge in [0.15, 0.2) is 0 Å². The van der Waals surface area contributed by atoms with E-state index in [1.54, 1.807) is 6.07 Å². The highest BCUT2D eigenvalue weighted by Gasteiger charge is 2.17. The number of aryl methyl sites for hydroxylation is 1. The first-order chi connectivity index (χ1) is 9.22. The molecule has 19 heavy (non-hydrogen) atoms. The number of carbonyl (C=O) groups excluding carboxylic acids is 1. The molecule has 0 spiro atoms. The fourth-order valence-electron chi connectivity index (χ4n) is 2.38. The number of fused-ring (bicyclic) bond motifs is 1. The lowest BCUT2D eigenvalue weighted by Crippen LogP contribution is -2.40. The van der Waals surface area contributed by atoms with Crippen molar-refractivity contribution >= 4 is 11.6 Å². The lowest BCUT2D eigenvalue weighted by atomic mass is 10.1. The van der Waals surface area contributed by atoms with E-state index in [2.05, 4.69) is 10.3 Å². The number of imidazole rings is 1. The highest BCUT2D eigenvalue weighted by molar-refractivity contribution is 5.94. The third kappa shape index (κ3) is 2.61.